The quantitative estimate of drug-likeness (QED) is 0.0348. The van der Waals surface area contributed by atoms with Gasteiger partial charge < -0.3 is 14.2 Å². The molecule has 0 unspecified atom stereocenters. The lowest BCUT2D eigenvalue weighted by molar-refractivity contribution is -0.167. The van der Waals surface area contributed by atoms with Crippen LogP contribution in [0.15, 0.2) is 0 Å². The largest absolute Gasteiger partial charge is 0.462 e. The summed E-state index contributed by atoms with van der Waals surface area (Å²) >= 11 is 0. The summed E-state index contributed by atoms with van der Waals surface area (Å²) < 4.78 is 16.8. The van der Waals surface area contributed by atoms with Gasteiger partial charge in [0.2, 0.25) is 0 Å². The predicted molar refractivity (Wildman–Crippen MR) is 233 cm³/mol. The smallest absolute Gasteiger partial charge is 0.306 e. The maximum atomic E-state index is 12.7. The summed E-state index contributed by atoms with van der Waals surface area (Å²) in [6.45, 7) is 8.99. The van der Waals surface area contributed by atoms with Crippen molar-refractivity contribution < 1.29 is 28.6 Å². The highest BCUT2D eigenvalue weighted by molar-refractivity contribution is 5.71. The van der Waals surface area contributed by atoms with Crippen molar-refractivity contribution in [2.45, 2.75) is 278 Å². The first-order valence-electron chi connectivity index (χ1n) is 24.4. The first kappa shape index (κ1) is 53.4. The molecule has 0 spiro atoms. The first-order chi connectivity index (χ1) is 26.9. The summed E-state index contributed by atoms with van der Waals surface area (Å²) in [6, 6.07) is 0. The number of carbonyl (C=O) groups excluding carboxylic acids is 3. The fraction of sp³-hybridized carbons (Fsp3) is 0.939. The lowest BCUT2D eigenvalue weighted by atomic mass is 10.0. The molecule has 55 heavy (non-hydrogen) atoms. The molecule has 0 aromatic rings. The average Bonchev–Trinajstić information content (AvgIpc) is 3.17. The molecule has 6 heteroatoms. The van der Waals surface area contributed by atoms with Crippen LogP contribution in [-0.4, -0.2) is 37.2 Å². The highest BCUT2D eigenvalue weighted by Crippen LogP contribution is 2.16. The fourth-order valence-electron chi connectivity index (χ4n) is 7.33. The molecule has 0 aromatic carbocycles. The van der Waals surface area contributed by atoms with Crippen molar-refractivity contribution in [2.24, 2.45) is 5.92 Å². The molecule has 0 fully saturated rings. The molecule has 0 amide bonds. The number of hydrogen-bond donors (Lipinski definition) is 0. The Morgan fingerprint density at radius 3 is 0.891 bits per heavy atom. The minimum atomic E-state index is -0.760. The highest BCUT2D eigenvalue weighted by Gasteiger charge is 2.19. The van der Waals surface area contributed by atoms with Crippen LogP contribution in [0.5, 0.6) is 0 Å². The first-order valence-corrected chi connectivity index (χ1v) is 24.4. The molecule has 0 bridgehead atoms. The van der Waals surface area contributed by atoms with Gasteiger partial charge in [0.05, 0.1) is 0 Å². The van der Waals surface area contributed by atoms with E-state index >= 15 is 0 Å². The van der Waals surface area contributed by atoms with Crippen molar-refractivity contribution in [1.29, 1.82) is 0 Å². The predicted octanol–water partition coefficient (Wildman–Crippen LogP) is 15.5. The highest BCUT2D eigenvalue weighted by atomic mass is 16.6. The van der Waals surface area contributed by atoms with Crippen LogP contribution in [-0.2, 0) is 28.6 Å². The van der Waals surface area contributed by atoms with E-state index in [1.807, 2.05) is 0 Å². The zero-order valence-electron chi connectivity index (χ0n) is 37.4. The van der Waals surface area contributed by atoms with E-state index in [-0.39, 0.29) is 31.1 Å². The Balaban J connectivity index is 4.32. The topological polar surface area (TPSA) is 78.9 Å². The van der Waals surface area contributed by atoms with Gasteiger partial charge in [0.15, 0.2) is 6.10 Å². The normalized spacial score (nSPS) is 11.9. The zero-order valence-corrected chi connectivity index (χ0v) is 37.4. The monoisotopic (exact) mass is 779 g/mol. The van der Waals surface area contributed by atoms with Gasteiger partial charge in [0.25, 0.3) is 0 Å². The zero-order chi connectivity index (χ0) is 40.3. The Bertz CT molecular complexity index is 826. The molecule has 0 saturated carbocycles. The number of carbonyl (C=O) groups is 3. The van der Waals surface area contributed by atoms with Crippen LogP contribution in [0.1, 0.15) is 272 Å². The SMILES string of the molecule is CCCCCCCCCCCCCCCC(=O)OC[C@@H](COC(=O)CCCCCCCCCCCCCC)OC(=O)CCCCCCCCCCCC(C)C. The van der Waals surface area contributed by atoms with Gasteiger partial charge in [-0.25, -0.2) is 0 Å². The van der Waals surface area contributed by atoms with Gasteiger partial charge >= 0.3 is 17.9 Å². The number of unbranched alkanes of at least 4 members (excludes halogenated alkanes) is 31. The summed E-state index contributed by atoms with van der Waals surface area (Å²) in [5, 5.41) is 0. The van der Waals surface area contributed by atoms with Crippen LogP contribution in [0, 0.1) is 5.92 Å². The second-order valence-corrected chi connectivity index (χ2v) is 17.2. The molecular weight excluding hydrogens is 685 g/mol. The van der Waals surface area contributed by atoms with E-state index in [4.69, 9.17) is 14.2 Å². The summed E-state index contributed by atoms with van der Waals surface area (Å²) in [5.74, 6) is -0.0439. The number of rotatable bonds is 44. The molecular formula is C49H94O6. The maximum absolute atomic E-state index is 12.7. The molecule has 0 N–H and O–H groups in total. The Morgan fingerprint density at radius 2 is 0.600 bits per heavy atom. The molecule has 1 atom stereocenters. The molecule has 0 rings (SSSR count). The van der Waals surface area contributed by atoms with E-state index in [2.05, 4.69) is 27.7 Å². The van der Waals surface area contributed by atoms with Gasteiger partial charge in [-0.2, -0.15) is 0 Å². The Hall–Kier alpha value is -1.59. The molecule has 326 valence electrons. The number of esters is 3. The minimum absolute atomic E-state index is 0.0634. The summed E-state index contributed by atoms with van der Waals surface area (Å²) in [6.07, 6.45) is 43.7. The van der Waals surface area contributed by atoms with Crippen LogP contribution in [0.4, 0.5) is 0 Å². The molecule has 0 aromatic heterocycles. The maximum Gasteiger partial charge on any atom is 0.306 e. The van der Waals surface area contributed by atoms with Crippen LogP contribution >= 0.6 is 0 Å². The van der Waals surface area contributed by atoms with Gasteiger partial charge in [-0.3, -0.25) is 14.4 Å². The fourth-order valence-corrected chi connectivity index (χ4v) is 7.33. The van der Waals surface area contributed by atoms with Gasteiger partial charge in [-0.05, 0) is 25.2 Å². The second-order valence-electron chi connectivity index (χ2n) is 17.2. The Morgan fingerprint density at radius 1 is 0.345 bits per heavy atom. The van der Waals surface area contributed by atoms with Crippen molar-refractivity contribution in [3.05, 3.63) is 0 Å². The van der Waals surface area contributed by atoms with Crippen LogP contribution < -0.4 is 0 Å². The molecule has 0 aliphatic rings. The summed E-state index contributed by atoms with van der Waals surface area (Å²) in [7, 11) is 0. The van der Waals surface area contributed by atoms with Gasteiger partial charge in [-0.15, -0.1) is 0 Å². The third-order valence-corrected chi connectivity index (χ3v) is 11.0. The molecule has 0 saturated heterocycles. The molecule has 0 heterocycles. The van der Waals surface area contributed by atoms with E-state index in [9.17, 15) is 14.4 Å². The summed E-state index contributed by atoms with van der Waals surface area (Å²) in [5.41, 5.74) is 0. The Kier molecular flexibility index (Phi) is 42.3. The Labute approximate surface area is 342 Å². The number of ether oxygens (including phenoxy) is 3. The van der Waals surface area contributed by atoms with E-state index in [0.717, 1.165) is 63.7 Å². The third-order valence-electron chi connectivity index (χ3n) is 11.0. The standard InChI is InChI=1S/C49H94O6/c1-5-7-9-11-13-15-17-19-21-25-29-33-37-41-48(51)54-44-46(55-49(52)42-38-34-30-26-22-23-27-31-35-39-45(3)4)43-53-47(50)40-36-32-28-24-20-18-16-14-12-10-8-6-2/h45-46H,5-44H2,1-4H3/t46-/m1/s1. The average molecular weight is 779 g/mol. The van der Waals surface area contributed by atoms with E-state index < -0.39 is 6.10 Å². The lowest BCUT2D eigenvalue weighted by Gasteiger charge is -2.18. The molecule has 0 aliphatic carbocycles. The molecule has 6 nitrogen and oxygen atoms in total. The minimum Gasteiger partial charge on any atom is -0.462 e. The van der Waals surface area contributed by atoms with Gasteiger partial charge in [-0.1, -0.05) is 233 Å². The van der Waals surface area contributed by atoms with Crippen LogP contribution in [0.2, 0.25) is 0 Å². The van der Waals surface area contributed by atoms with Crippen molar-refractivity contribution in [1.82, 2.24) is 0 Å². The van der Waals surface area contributed by atoms with Gasteiger partial charge in [0.1, 0.15) is 13.2 Å². The second kappa shape index (κ2) is 43.5. The van der Waals surface area contributed by atoms with Crippen LogP contribution in [0.25, 0.3) is 0 Å². The third kappa shape index (κ3) is 43.4. The van der Waals surface area contributed by atoms with Crippen molar-refractivity contribution in [3.8, 4) is 0 Å². The van der Waals surface area contributed by atoms with Crippen LogP contribution in [0.3, 0.4) is 0 Å². The lowest BCUT2D eigenvalue weighted by Crippen LogP contribution is -2.30. The van der Waals surface area contributed by atoms with E-state index in [1.165, 1.54) is 167 Å². The van der Waals surface area contributed by atoms with Crippen molar-refractivity contribution in [2.75, 3.05) is 13.2 Å². The van der Waals surface area contributed by atoms with E-state index in [1.54, 1.807) is 0 Å². The van der Waals surface area contributed by atoms with Crippen molar-refractivity contribution >= 4 is 17.9 Å². The van der Waals surface area contributed by atoms with Crippen molar-refractivity contribution in [3.63, 3.8) is 0 Å². The molecule has 0 aliphatic heterocycles. The van der Waals surface area contributed by atoms with E-state index in [0.29, 0.717) is 19.3 Å². The van der Waals surface area contributed by atoms with Gasteiger partial charge in [0, 0.05) is 19.3 Å². The molecule has 0 radical (unpaired) electrons. The number of hydrogen-bond acceptors (Lipinski definition) is 6. The summed E-state index contributed by atoms with van der Waals surface area (Å²) in [4.78, 5) is 37.8.